The number of ketones is 3. The molecule has 0 aromatic heterocycles. The van der Waals surface area contributed by atoms with Crippen LogP contribution in [0.2, 0.25) is 0 Å². The van der Waals surface area contributed by atoms with E-state index < -0.39 is 5.92 Å². The molecule has 1 aliphatic rings. The summed E-state index contributed by atoms with van der Waals surface area (Å²) in [5.74, 6) is 0.286. The van der Waals surface area contributed by atoms with Crippen LogP contribution < -0.4 is 9.64 Å². The van der Waals surface area contributed by atoms with Gasteiger partial charge in [-0.15, -0.1) is 0 Å². The third-order valence-corrected chi connectivity index (χ3v) is 5.64. The standard InChI is InChI=1S/C23H33NO4.2C2H6/c1-5-20-21(22(27)13-18(17(3)26)10-9-16(2)25)14-19(15-23(20)28-4)24-11-7-6-8-12-24;2*1-2/h14-15,18H,5-13H2,1-4H3;2*1-2H3. The van der Waals surface area contributed by atoms with Crippen molar-refractivity contribution in [3.63, 3.8) is 0 Å². The van der Waals surface area contributed by atoms with Crippen LogP contribution in [0.4, 0.5) is 5.69 Å². The molecule has 1 unspecified atom stereocenters. The van der Waals surface area contributed by atoms with Crippen LogP contribution in [-0.2, 0) is 16.0 Å². The number of hydrogen-bond donors (Lipinski definition) is 0. The van der Waals surface area contributed by atoms with Gasteiger partial charge in [0.25, 0.3) is 0 Å². The average molecular weight is 448 g/mol. The van der Waals surface area contributed by atoms with Gasteiger partial charge in [0.2, 0.25) is 0 Å². The number of rotatable bonds is 10. The molecule has 2 rings (SSSR count). The Balaban J connectivity index is 0.00000227. The first-order valence-electron chi connectivity index (χ1n) is 12.4. The summed E-state index contributed by atoms with van der Waals surface area (Å²) < 4.78 is 5.60. The molecule has 0 N–H and O–H groups in total. The molecule has 1 fully saturated rings. The van der Waals surface area contributed by atoms with Gasteiger partial charge in [0.05, 0.1) is 7.11 Å². The number of carbonyl (C=O) groups excluding carboxylic acids is 3. The second-order valence-electron chi connectivity index (χ2n) is 7.75. The van der Waals surface area contributed by atoms with Gasteiger partial charge in [-0.25, -0.2) is 0 Å². The Morgan fingerprint density at radius 3 is 2.06 bits per heavy atom. The minimum absolute atomic E-state index is 0.0354. The van der Waals surface area contributed by atoms with Crippen molar-refractivity contribution in [2.45, 2.75) is 93.4 Å². The summed E-state index contributed by atoms with van der Waals surface area (Å²) in [6.45, 7) is 15.0. The smallest absolute Gasteiger partial charge is 0.164 e. The van der Waals surface area contributed by atoms with E-state index in [1.54, 1.807) is 7.11 Å². The molecule has 0 amide bonds. The van der Waals surface area contributed by atoms with Gasteiger partial charge < -0.3 is 14.4 Å². The number of Topliss-reactive ketones (excluding diaryl/α,β-unsaturated/α-hetero) is 3. The van der Waals surface area contributed by atoms with E-state index in [1.807, 2.05) is 46.8 Å². The van der Waals surface area contributed by atoms with E-state index in [-0.39, 0.29) is 23.8 Å². The Morgan fingerprint density at radius 1 is 1.00 bits per heavy atom. The molecule has 1 aromatic rings. The highest BCUT2D eigenvalue weighted by Gasteiger charge is 2.24. The van der Waals surface area contributed by atoms with E-state index in [1.165, 1.54) is 20.3 Å². The van der Waals surface area contributed by atoms with Crippen molar-refractivity contribution >= 4 is 23.0 Å². The highest BCUT2D eigenvalue weighted by molar-refractivity contribution is 6.01. The fourth-order valence-corrected chi connectivity index (χ4v) is 3.92. The molecule has 1 heterocycles. The Hall–Kier alpha value is -2.17. The molecular weight excluding hydrogens is 402 g/mol. The van der Waals surface area contributed by atoms with Gasteiger partial charge in [-0.1, -0.05) is 34.6 Å². The van der Waals surface area contributed by atoms with Crippen molar-refractivity contribution in [1.82, 2.24) is 0 Å². The maximum absolute atomic E-state index is 13.2. The van der Waals surface area contributed by atoms with Crippen LogP contribution in [0.25, 0.3) is 0 Å². The van der Waals surface area contributed by atoms with E-state index in [4.69, 9.17) is 4.74 Å². The Morgan fingerprint density at radius 2 is 1.59 bits per heavy atom. The van der Waals surface area contributed by atoms with Crippen molar-refractivity contribution in [2.75, 3.05) is 25.1 Å². The Bertz CT molecular complexity index is 721. The number of carbonyl (C=O) groups is 3. The number of hydrogen-bond acceptors (Lipinski definition) is 5. The molecule has 5 heteroatoms. The van der Waals surface area contributed by atoms with Gasteiger partial charge in [0.15, 0.2) is 5.78 Å². The first-order chi connectivity index (χ1) is 15.4. The predicted molar refractivity (Wildman–Crippen MR) is 134 cm³/mol. The predicted octanol–water partition coefficient (Wildman–Crippen LogP) is 6.45. The molecule has 1 aliphatic heterocycles. The van der Waals surface area contributed by atoms with Gasteiger partial charge in [-0.2, -0.15) is 0 Å². The highest BCUT2D eigenvalue weighted by Crippen LogP contribution is 2.33. The van der Waals surface area contributed by atoms with Crippen molar-refractivity contribution in [3.05, 3.63) is 23.3 Å². The SMILES string of the molecule is CC.CC.CCc1c(OC)cc(N2CCCCC2)cc1C(=O)CC(CCC(C)=O)C(C)=O. The third kappa shape index (κ3) is 9.13. The summed E-state index contributed by atoms with van der Waals surface area (Å²) in [5, 5.41) is 0. The van der Waals surface area contributed by atoms with Crippen molar-refractivity contribution in [3.8, 4) is 5.75 Å². The average Bonchev–Trinajstić information content (AvgIpc) is 2.83. The largest absolute Gasteiger partial charge is 0.496 e. The molecular formula is C27H45NO4. The van der Waals surface area contributed by atoms with E-state index >= 15 is 0 Å². The number of benzene rings is 1. The lowest BCUT2D eigenvalue weighted by Crippen LogP contribution is -2.29. The number of anilines is 1. The second kappa shape index (κ2) is 16.5. The molecule has 0 saturated carbocycles. The topological polar surface area (TPSA) is 63.7 Å². The summed E-state index contributed by atoms with van der Waals surface area (Å²) in [4.78, 5) is 38.8. The number of ether oxygens (including phenoxy) is 1. The van der Waals surface area contributed by atoms with Crippen molar-refractivity contribution in [1.29, 1.82) is 0 Å². The minimum Gasteiger partial charge on any atom is -0.496 e. The minimum atomic E-state index is -0.411. The molecule has 1 saturated heterocycles. The fraction of sp³-hybridized carbons (Fsp3) is 0.667. The van der Waals surface area contributed by atoms with Gasteiger partial charge in [-0.05, 0) is 52.0 Å². The zero-order chi connectivity index (χ0) is 24.7. The summed E-state index contributed by atoms with van der Waals surface area (Å²) in [6.07, 6.45) is 5.13. The highest BCUT2D eigenvalue weighted by atomic mass is 16.5. The summed E-state index contributed by atoms with van der Waals surface area (Å²) in [6, 6.07) is 4.00. The van der Waals surface area contributed by atoms with Gasteiger partial charge in [-0.3, -0.25) is 9.59 Å². The summed E-state index contributed by atoms with van der Waals surface area (Å²) >= 11 is 0. The van der Waals surface area contributed by atoms with Crippen LogP contribution >= 0.6 is 0 Å². The zero-order valence-electron chi connectivity index (χ0n) is 21.7. The lowest BCUT2D eigenvalue weighted by Gasteiger charge is -2.30. The maximum atomic E-state index is 13.2. The van der Waals surface area contributed by atoms with Crippen LogP contribution in [0, 0.1) is 5.92 Å². The van der Waals surface area contributed by atoms with Gasteiger partial charge in [0.1, 0.15) is 17.3 Å². The molecule has 5 nitrogen and oxygen atoms in total. The second-order valence-corrected chi connectivity index (χ2v) is 7.75. The Labute approximate surface area is 195 Å². The van der Waals surface area contributed by atoms with E-state index in [9.17, 15) is 14.4 Å². The normalized spacial score (nSPS) is 13.7. The monoisotopic (exact) mass is 447 g/mol. The van der Waals surface area contributed by atoms with Crippen molar-refractivity contribution < 1.29 is 19.1 Å². The van der Waals surface area contributed by atoms with Crippen LogP contribution in [0.15, 0.2) is 12.1 Å². The van der Waals surface area contributed by atoms with Crippen LogP contribution in [-0.4, -0.2) is 37.5 Å². The first kappa shape index (κ1) is 29.8. The molecule has 182 valence electrons. The number of nitrogens with zero attached hydrogens (tertiary/aromatic N) is 1. The van der Waals surface area contributed by atoms with Crippen LogP contribution in [0.1, 0.15) is 103 Å². The molecule has 32 heavy (non-hydrogen) atoms. The fourth-order valence-electron chi connectivity index (χ4n) is 3.92. The summed E-state index contributed by atoms with van der Waals surface area (Å²) in [7, 11) is 1.63. The quantitative estimate of drug-likeness (QED) is 0.386. The molecule has 0 spiro atoms. The molecule has 0 radical (unpaired) electrons. The maximum Gasteiger partial charge on any atom is 0.164 e. The molecule has 0 bridgehead atoms. The van der Waals surface area contributed by atoms with E-state index in [2.05, 4.69) is 4.90 Å². The molecule has 0 aliphatic carbocycles. The van der Waals surface area contributed by atoms with E-state index in [0.29, 0.717) is 24.8 Å². The van der Waals surface area contributed by atoms with Crippen molar-refractivity contribution in [2.24, 2.45) is 5.92 Å². The lowest BCUT2D eigenvalue weighted by atomic mass is 9.88. The van der Waals surface area contributed by atoms with Crippen LogP contribution in [0.5, 0.6) is 5.75 Å². The molecule has 1 aromatic carbocycles. The molecule has 1 atom stereocenters. The summed E-state index contributed by atoms with van der Waals surface area (Å²) in [5.41, 5.74) is 2.55. The van der Waals surface area contributed by atoms with Gasteiger partial charge >= 0.3 is 0 Å². The van der Waals surface area contributed by atoms with E-state index in [0.717, 1.165) is 42.9 Å². The lowest BCUT2D eigenvalue weighted by molar-refractivity contribution is -0.121. The zero-order valence-corrected chi connectivity index (χ0v) is 21.7. The van der Waals surface area contributed by atoms with Crippen LogP contribution in [0.3, 0.4) is 0 Å². The Kier molecular flexibility index (Phi) is 15.3. The van der Waals surface area contributed by atoms with Gasteiger partial charge in [0, 0.05) is 54.7 Å². The first-order valence-corrected chi connectivity index (χ1v) is 12.4. The number of methoxy groups -OCH3 is 1. The number of piperidine rings is 1. The third-order valence-electron chi connectivity index (χ3n) is 5.64.